The first-order valence-electron chi connectivity index (χ1n) is 9.55. The molecule has 2 rings (SSSR count). The quantitative estimate of drug-likeness (QED) is 0.611. The SMILES string of the molecule is CC[C@@H](C(=O)NC)N(Cc1ccc(F)cc1)C(=O)CN(c1cccc(Cl)c1)S(C)(=O)=O. The highest BCUT2D eigenvalue weighted by Crippen LogP contribution is 2.23. The maximum Gasteiger partial charge on any atom is 0.244 e. The van der Waals surface area contributed by atoms with E-state index in [2.05, 4.69) is 5.32 Å². The molecule has 0 spiro atoms. The smallest absolute Gasteiger partial charge is 0.244 e. The minimum Gasteiger partial charge on any atom is -0.357 e. The van der Waals surface area contributed by atoms with Gasteiger partial charge in [-0.1, -0.05) is 36.7 Å². The number of amides is 2. The van der Waals surface area contributed by atoms with Crippen LogP contribution < -0.4 is 9.62 Å². The summed E-state index contributed by atoms with van der Waals surface area (Å²) in [6.45, 7) is 1.24. The molecule has 0 bridgehead atoms. The Hall–Kier alpha value is -2.65. The van der Waals surface area contributed by atoms with Crippen LogP contribution >= 0.6 is 11.6 Å². The summed E-state index contributed by atoms with van der Waals surface area (Å²) in [4.78, 5) is 27.0. The Bertz CT molecular complexity index is 1030. The van der Waals surface area contributed by atoms with Gasteiger partial charge in [-0.25, -0.2) is 12.8 Å². The van der Waals surface area contributed by atoms with Gasteiger partial charge in [0.1, 0.15) is 18.4 Å². The average Bonchev–Trinajstić information content (AvgIpc) is 2.72. The molecule has 0 aliphatic heterocycles. The number of hydrogen-bond acceptors (Lipinski definition) is 4. The number of benzene rings is 2. The number of halogens is 2. The maximum absolute atomic E-state index is 13.3. The molecule has 2 amide bonds. The number of carbonyl (C=O) groups excluding carboxylic acids is 2. The summed E-state index contributed by atoms with van der Waals surface area (Å²) in [7, 11) is -2.36. The molecule has 0 saturated heterocycles. The molecule has 31 heavy (non-hydrogen) atoms. The molecule has 2 aromatic carbocycles. The topological polar surface area (TPSA) is 86.8 Å². The van der Waals surface area contributed by atoms with Crippen molar-refractivity contribution in [2.24, 2.45) is 0 Å². The largest absolute Gasteiger partial charge is 0.357 e. The van der Waals surface area contributed by atoms with Crippen molar-refractivity contribution in [1.82, 2.24) is 10.2 Å². The van der Waals surface area contributed by atoms with Crippen LogP contribution in [0.1, 0.15) is 18.9 Å². The second-order valence-electron chi connectivity index (χ2n) is 6.94. The normalized spacial score (nSPS) is 12.2. The van der Waals surface area contributed by atoms with Gasteiger partial charge in [-0.15, -0.1) is 0 Å². The molecule has 1 N–H and O–H groups in total. The number of anilines is 1. The van der Waals surface area contributed by atoms with Crippen molar-refractivity contribution in [3.63, 3.8) is 0 Å². The molecular weight excluding hydrogens is 445 g/mol. The predicted molar refractivity (Wildman–Crippen MR) is 119 cm³/mol. The van der Waals surface area contributed by atoms with E-state index in [1.54, 1.807) is 19.1 Å². The Morgan fingerprint density at radius 1 is 1.16 bits per heavy atom. The third-order valence-corrected chi connectivity index (χ3v) is 6.05. The van der Waals surface area contributed by atoms with E-state index in [9.17, 15) is 22.4 Å². The van der Waals surface area contributed by atoms with Gasteiger partial charge in [0.05, 0.1) is 11.9 Å². The molecule has 0 radical (unpaired) electrons. The first kappa shape index (κ1) is 24.6. The zero-order valence-electron chi connectivity index (χ0n) is 17.5. The standard InChI is InChI=1S/C21H25ClFN3O4S/c1-4-19(21(28)24-2)25(13-15-8-10-17(23)11-9-15)20(27)14-26(31(3,29)30)18-7-5-6-16(22)12-18/h5-12,19H,4,13-14H2,1-3H3,(H,24,28)/t19-/m0/s1. The third-order valence-electron chi connectivity index (χ3n) is 4.67. The van der Waals surface area contributed by atoms with Crippen molar-refractivity contribution in [2.45, 2.75) is 25.9 Å². The number of sulfonamides is 1. The fourth-order valence-electron chi connectivity index (χ4n) is 3.12. The van der Waals surface area contributed by atoms with Crippen LogP contribution in [0.5, 0.6) is 0 Å². The van der Waals surface area contributed by atoms with E-state index in [0.29, 0.717) is 17.0 Å². The van der Waals surface area contributed by atoms with Crippen molar-refractivity contribution in [1.29, 1.82) is 0 Å². The lowest BCUT2D eigenvalue weighted by molar-refractivity contribution is -0.140. The summed E-state index contributed by atoms with van der Waals surface area (Å²) in [5.41, 5.74) is 0.837. The number of nitrogens with zero attached hydrogens (tertiary/aromatic N) is 2. The fourth-order valence-corrected chi connectivity index (χ4v) is 4.14. The van der Waals surface area contributed by atoms with Gasteiger partial charge in [0.2, 0.25) is 21.8 Å². The van der Waals surface area contributed by atoms with Crippen LogP contribution in [0.25, 0.3) is 0 Å². The number of hydrogen-bond donors (Lipinski definition) is 1. The highest BCUT2D eigenvalue weighted by molar-refractivity contribution is 7.92. The van der Waals surface area contributed by atoms with Crippen molar-refractivity contribution in [2.75, 3.05) is 24.2 Å². The van der Waals surface area contributed by atoms with E-state index in [1.165, 1.54) is 48.3 Å². The van der Waals surface area contributed by atoms with Gasteiger partial charge in [0.15, 0.2) is 0 Å². The molecule has 10 heteroatoms. The number of likely N-dealkylation sites (N-methyl/N-ethyl adjacent to an activating group) is 1. The molecule has 168 valence electrons. The zero-order valence-corrected chi connectivity index (χ0v) is 19.1. The van der Waals surface area contributed by atoms with Crippen molar-refractivity contribution in [3.8, 4) is 0 Å². The molecule has 0 fully saturated rings. The van der Waals surface area contributed by atoms with Crippen LogP contribution in [-0.4, -0.2) is 51.0 Å². The molecule has 0 heterocycles. The lowest BCUT2D eigenvalue weighted by atomic mass is 10.1. The second kappa shape index (κ2) is 10.6. The Morgan fingerprint density at radius 2 is 1.81 bits per heavy atom. The van der Waals surface area contributed by atoms with Crippen LogP contribution in [-0.2, 0) is 26.2 Å². The molecule has 0 aliphatic carbocycles. The van der Waals surface area contributed by atoms with E-state index >= 15 is 0 Å². The van der Waals surface area contributed by atoms with E-state index in [1.807, 2.05) is 0 Å². The van der Waals surface area contributed by atoms with Crippen LogP contribution in [0.4, 0.5) is 10.1 Å². The molecule has 7 nitrogen and oxygen atoms in total. The second-order valence-corrected chi connectivity index (χ2v) is 9.28. The van der Waals surface area contributed by atoms with Crippen LogP contribution in [0.15, 0.2) is 48.5 Å². The summed E-state index contributed by atoms with van der Waals surface area (Å²) >= 11 is 5.99. The number of nitrogens with one attached hydrogen (secondary N) is 1. The van der Waals surface area contributed by atoms with E-state index in [-0.39, 0.29) is 18.1 Å². The molecule has 0 aromatic heterocycles. The fraction of sp³-hybridized carbons (Fsp3) is 0.333. The molecule has 2 aromatic rings. The Labute approximate surface area is 186 Å². The predicted octanol–water partition coefficient (Wildman–Crippen LogP) is 2.80. The van der Waals surface area contributed by atoms with Crippen LogP contribution in [0.2, 0.25) is 5.02 Å². The highest BCUT2D eigenvalue weighted by atomic mass is 35.5. The zero-order chi connectivity index (χ0) is 23.2. The molecule has 1 atom stereocenters. The van der Waals surface area contributed by atoms with Crippen LogP contribution in [0.3, 0.4) is 0 Å². The summed E-state index contributed by atoms with van der Waals surface area (Å²) in [5, 5.41) is 2.84. The Kier molecular flexibility index (Phi) is 8.41. The summed E-state index contributed by atoms with van der Waals surface area (Å²) in [6.07, 6.45) is 1.30. The first-order valence-corrected chi connectivity index (χ1v) is 11.8. The third kappa shape index (κ3) is 6.67. The Morgan fingerprint density at radius 3 is 2.32 bits per heavy atom. The summed E-state index contributed by atoms with van der Waals surface area (Å²) in [6, 6.07) is 10.8. The van der Waals surface area contributed by atoms with Gasteiger partial charge in [-0.3, -0.25) is 13.9 Å². The van der Waals surface area contributed by atoms with Gasteiger partial charge >= 0.3 is 0 Å². The summed E-state index contributed by atoms with van der Waals surface area (Å²) in [5.74, 6) is -1.39. The number of carbonyl (C=O) groups is 2. The van der Waals surface area contributed by atoms with Crippen LogP contribution in [0, 0.1) is 5.82 Å². The van der Waals surface area contributed by atoms with Gasteiger partial charge in [0.25, 0.3) is 0 Å². The molecule has 0 saturated carbocycles. The first-order chi connectivity index (χ1) is 14.6. The maximum atomic E-state index is 13.3. The monoisotopic (exact) mass is 469 g/mol. The van der Waals surface area contributed by atoms with Crippen molar-refractivity contribution in [3.05, 3.63) is 64.9 Å². The van der Waals surface area contributed by atoms with Gasteiger partial charge in [0, 0.05) is 18.6 Å². The number of rotatable bonds is 9. The van der Waals surface area contributed by atoms with Gasteiger partial charge in [-0.2, -0.15) is 0 Å². The molecule has 0 unspecified atom stereocenters. The van der Waals surface area contributed by atoms with Gasteiger partial charge in [-0.05, 0) is 42.3 Å². The molecule has 0 aliphatic rings. The minimum absolute atomic E-state index is 0.0121. The lowest BCUT2D eigenvalue weighted by Crippen LogP contribution is -2.51. The minimum atomic E-state index is -3.82. The summed E-state index contributed by atoms with van der Waals surface area (Å²) < 4.78 is 39.1. The van der Waals surface area contributed by atoms with Crippen molar-refractivity contribution < 1.29 is 22.4 Å². The van der Waals surface area contributed by atoms with E-state index in [0.717, 1.165) is 10.6 Å². The van der Waals surface area contributed by atoms with E-state index in [4.69, 9.17) is 11.6 Å². The lowest BCUT2D eigenvalue weighted by Gasteiger charge is -2.32. The van der Waals surface area contributed by atoms with E-state index < -0.39 is 34.3 Å². The van der Waals surface area contributed by atoms with Crippen molar-refractivity contribution >= 4 is 39.1 Å². The Balaban J connectivity index is 2.41. The molecular formula is C21H25ClFN3O4S. The average molecular weight is 470 g/mol. The van der Waals surface area contributed by atoms with Gasteiger partial charge < -0.3 is 10.2 Å². The highest BCUT2D eigenvalue weighted by Gasteiger charge is 2.31.